The molecule has 0 saturated carbocycles. The first-order chi connectivity index (χ1) is 4.45. The third kappa shape index (κ3) is 1.52. The molecule has 0 bridgehead atoms. The van der Waals surface area contributed by atoms with E-state index in [4.69, 9.17) is 10.2 Å². The van der Waals surface area contributed by atoms with Crippen LogP contribution in [0.25, 0.3) is 0 Å². The molecule has 0 radical (unpaired) electrons. The number of aliphatic hydroxyl groups is 1. The van der Waals surface area contributed by atoms with Crippen molar-refractivity contribution in [2.24, 2.45) is 0 Å². The van der Waals surface area contributed by atoms with Gasteiger partial charge in [0.2, 0.25) is 0 Å². The van der Waals surface area contributed by atoms with E-state index in [1.165, 1.54) is 13.6 Å². The quantitative estimate of drug-likeness (QED) is 0.601. The van der Waals surface area contributed by atoms with E-state index in [1.54, 1.807) is 0 Å². The minimum absolute atomic E-state index is 0.0337. The lowest BCUT2D eigenvalue weighted by atomic mass is 10.3. The van der Waals surface area contributed by atoms with E-state index < -0.39 is 19.1 Å². The Morgan fingerprint density at radius 2 is 2.10 bits per heavy atom. The second-order valence-electron chi connectivity index (χ2n) is 1.97. The van der Waals surface area contributed by atoms with E-state index in [2.05, 4.69) is 0 Å². The first-order valence-electron chi connectivity index (χ1n) is 2.82. The Morgan fingerprint density at radius 1 is 1.70 bits per heavy atom. The SMILES string of the molecule is CCC(O)(C(=O)O)[P+](C)=O. The summed E-state index contributed by atoms with van der Waals surface area (Å²) in [7, 11) is -2.08. The van der Waals surface area contributed by atoms with Crippen molar-refractivity contribution in [3.63, 3.8) is 0 Å². The van der Waals surface area contributed by atoms with Gasteiger partial charge in [0.25, 0.3) is 0 Å². The van der Waals surface area contributed by atoms with Crippen LogP contribution < -0.4 is 0 Å². The van der Waals surface area contributed by atoms with Crippen LogP contribution in [0.15, 0.2) is 0 Å². The molecule has 0 amide bonds. The van der Waals surface area contributed by atoms with Crippen molar-refractivity contribution in [2.45, 2.75) is 18.7 Å². The standard InChI is InChI=1S/C5H9O4P/c1-3-5(8,4(6)7)10(2)9/h8H,3H2,1-2H3/p+1. The van der Waals surface area contributed by atoms with Crippen LogP contribution in [0.2, 0.25) is 0 Å². The highest BCUT2D eigenvalue weighted by Gasteiger charge is 2.50. The molecule has 0 heterocycles. The van der Waals surface area contributed by atoms with Crippen molar-refractivity contribution in [1.29, 1.82) is 0 Å². The maximum absolute atomic E-state index is 10.7. The lowest BCUT2D eigenvalue weighted by molar-refractivity contribution is -0.150. The summed E-state index contributed by atoms with van der Waals surface area (Å²) in [4.78, 5) is 10.3. The van der Waals surface area contributed by atoms with Gasteiger partial charge in [-0.2, -0.15) is 0 Å². The molecule has 0 fully saturated rings. The molecule has 0 spiro atoms. The summed E-state index contributed by atoms with van der Waals surface area (Å²) >= 11 is 0. The molecular formula is C5H10O4P+. The zero-order valence-electron chi connectivity index (χ0n) is 5.87. The predicted octanol–water partition coefficient (Wildman–Crippen LogP) is 0.627. The fourth-order valence-electron chi connectivity index (χ4n) is 0.509. The van der Waals surface area contributed by atoms with E-state index in [-0.39, 0.29) is 6.42 Å². The molecule has 0 aliphatic heterocycles. The van der Waals surface area contributed by atoms with Crippen LogP contribution in [0.3, 0.4) is 0 Å². The highest BCUT2D eigenvalue weighted by molar-refractivity contribution is 7.46. The summed E-state index contributed by atoms with van der Waals surface area (Å²) < 4.78 is 10.7. The summed E-state index contributed by atoms with van der Waals surface area (Å²) in [6, 6.07) is 0. The number of aliphatic carboxylic acids is 1. The molecule has 2 N–H and O–H groups in total. The molecule has 0 rings (SSSR count). The lowest BCUT2D eigenvalue weighted by Crippen LogP contribution is -2.33. The van der Waals surface area contributed by atoms with E-state index in [1.807, 2.05) is 0 Å². The van der Waals surface area contributed by atoms with Gasteiger partial charge < -0.3 is 10.2 Å². The van der Waals surface area contributed by atoms with Gasteiger partial charge in [-0.15, -0.1) is 0 Å². The second kappa shape index (κ2) is 3.08. The van der Waals surface area contributed by atoms with Gasteiger partial charge in [-0.25, -0.2) is 4.79 Å². The fraction of sp³-hybridized carbons (Fsp3) is 0.800. The van der Waals surface area contributed by atoms with Crippen molar-refractivity contribution in [3.05, 3.63) is 0 Å². The van der Waals surface area contributed by atoms with Crippen molar-refractivity contribution >= 4 is 13.8 Å². The van der Waals surface area contributed by atoms with Crippen molar-refractivity contribution in [1.82, 2.24) is 0 Å². The fourth-order valence-corrected chi connectivity index (χ4v) is 1.22. The largest absolute Gasteiger partial charge is 0.476 e. The Kier molecular flexibility index (Phi) is 2.94. The zero-order chi connectivity index (χ0) is 8.36. The number of carboxylic acid groups (broad SMARTS) is 1. The minimum Gasteiger partial charge on any atom is -0.476 e. The molecule has 0 aliphatic carbocycles. The first-order valence-corrected chi connectivity index (χ1v) is 4.52. The van der Waals surface area contributed by atoms with E-state index in [0.717, 1.165) is 0 Å². The Balaban J connectivity index is 4.55. The Morgan fingerprint density at radius 3 is 2.10 bits per heavy atom. The molecule has 58 valence electrons. The Labute approximate surface area is 59.7 Å². The number of carboxylic acids is 1. The van der Waals surface area contributed by atoms with Gasteiger partial charge in [0.15, 0.2) is 0 Å². The van der Waals surface area contributed by atoms with Gasteiger partial charge in [0.1, 0.15) is 6.66 Å². The summed E-state index contributed by atoms with van der Waals surface area (Å²) in [6.45, 7) is 2.68. The third-order valence-corrected chi connectivity index (χ3v) is 2.91. The van der Waals surface area contributed by atoms with E-state index in [0.29, 0.717) is 0 Å². The average molecular weight is 165 g/mol. The van der Waals surface area contributed by atoms with E-state index in [9.17, 15) is 9.36 Å². The van der Waals surface area contributed by atoms with Crippen molar-refractivity contribution in [2.75, 3.05) is 6.66 Å². The zero-order valence-corrected chi connectivity index (χ0v) is 6.76. The van der Waals surface area contributed by atoms with Crippen LogP contribution in [-0.2, 0) is 9.36 Å². The second-order valence-corrected chi connectivity index (χ2v) is 3.71. The topological polar surface area (TPSA) is 74.6 Å². The predicted molar refractivity (Wildman–Crippen MR) is 36.4 cm³/mol. The van der Waals surface area contributed by atoms with Crippen LogP contribution in [0.5, 0.6) is 0 Å². The molecule has 0 aromatic heterocycles. The summed E-state index contributed by atoms with van der Waals surface area (Å²) in [5.74, 6) is -1.42. The average Bonchev–Trinajstić information content (AvgIpc) is 1.85. The summed E-state index contributed by atoms with van der Waals surface area (Å²) in [5, 5.41) is 15.4. The van der Waals surface area contributed by atoms with Crippen LogP contribution >= 0.6 is 7.80 Å². The van der Waals surface area contributed by atoms with Gasteiger partial charge >= 0.3 is 19.1 Å². The normalized spacial score (nSPS) is 17.7. The van der Waals surface area contributed by atoms with Gasteiger partial charge in [-0.05, 0) is 0 Å². The first kappa shape index (κ1) is 9.53. The molecule has 10 heavy (non-hydrogen) atoms. The lowest BCUT2D eigenvalue weighted by Gasteiger charge is -2.06. The maximum Gasteiger partial charge on any atom is 0.387 e. The van der Waals surface area contributed by atoms with Gasteiger partial charge in [0.05, 0.1) is 0 Å². The molecule has 0 aromatic rings. The number of hydrogen-bond acceptors (Lipinski definition) is 3. The molecular weight excluding hydrogens is 155 g/mol. The van der Waals surface area contributed by atoms with Crippen LogP contribution in [-0.4, -0.2) is 28.2 Å². The highest BCUT2D eigenvalue weighted by Crippen LogP contribution is 2.35. The minimum atomic E-state index is -2.08. The van der Waals surface area contributed by atoms with Crippen LogP contribution in [0.4, 0.5) is 0 Å². The Bertz CT molecular complexity index is 151. The molecule has 2 atom stereocenters. The van der Waals surface area contributed by atoms with E-state index >= 15 is 0 Å². The summed E-state index contributed by atoms with van der Waals surface area (Å²) in [6.07, 6.45) is -0.0337. The molecule has 0 aliphatic rings. The molecule has 5 heteroatoms. The monoisotopic (exact) mass is 165 g/mol. The Hall–Kier alpha value is -0.470. The molecule has 4 nitrogen and oxygen atoms in total. The number of rotatable bonds is 3. The molecule has 2 unspecified atom stereocenters. The van der Waals surface area contributed by atoms with Crippen LogP contribution in [0, 0.1) is 0 Å². The molecule has 0 saturated heterocycles. The van der Waals surface area contributed by atoms with Crippen molar-refractivity contribution < 1.29 is 19.6 Å². The van der Waals surface area contributed by atoms with Gasteiger partial charge in [-0.3, -0.25) is 0 Å². The number of carbonyl (C=O) groups is 1. The van der Waals surface area contributed by atoms with Gasteiger partial charge in [0, 0.05) is 6.42 Å². The maximum atomic E-state index is 10.7. The molecule has 0 aromatic carbocycles. The van der Waals surface area contributed by atoms with Crippen LogP contribution in [0.1, 0.15) is 13.3 Å². The smallest absolute Gasteiger partial charge is 0.387 e. The highest BCUT2D eigenvalue weighted by atomic mass is 31.1. The summed E-state index contributed by atoms with van der Waals surface area (Å²) in [5.41, 5.74) is 0. The van der Waals surface area contributed by atoms with Crippen molar-refractivity contribution in [3.8, 4) is 0 Å². The van der Waals surface area contributed by atoms with Gasteiger partial charge in [-0.1, -0.05) is 11.5 Å². The number of hydrogen-bond donors (Lipinski definition) is 2. The third-order valence-electron chi connectivity index (χ3n) is 1.36.